The first kappa shape index (κ1) is 18.4. The molecule has 116 valence electrons. The highest BCUT2D eigenvalue weighted by Crippen LogP contribution is 1.96. The first-order valence-corrected chi connectivity index (χ1v) is 6.89. The molecule has 7 heteroatoms. The van der Waals surface area contributed by atoms with Gasteiger partial charge in [-0.2, -0.15) is 0 Å². The lowest BCUT2D eigenvalue weighted by atomic mass is 10.1. The van der Waals surface area contributed by atoms with E-state index in [1.54, 1.807) is 0 Å². The third-order valence-electron chi connectivity index (χ3n) is 2.75. The summed E-state index contributed by atoms with van der Waals surface area (Å²) in [6.45, 7) is 4.29. The van der Waals surface area contributed by atoms with Crippen LogP contribution in [0.4, 0.5) is 0 Å². The molecule has 0 aromatic rings. The van der Waals surface area contributed by atoms with Crippen molar-refractivity contribution in [2.24, 2.45) is 0 Å². The van der Waals surface area contributed by atoms with E-state index in [0.29, 0.717) is 19.4 Å². The van der Waals surface area contributed by atoms with E-state index in [-0.39, 0.29) is 24.9 Å². The summed E-state index contributed by atoms with van der Waals surface area (Å²) in [6.07, 6.45) is 2.01. The van der Waals surface area contributed by atoms with E-state index in [9.17, 15) is 14.4 Å². The summed E-state index contributed by atoms with van der Waals surface area (Å²) in [5.74, 6) is -1.49. The molecule has 0 spiro atoms. The minimum atomic E-state index is -0.969. The Balaban J connectivity index is 4.12. The molecule has 20 heavy (non-hydrogen) atoms. The second kappa shape index (κ2) is 10.2. The van der Waals surface area contributed by atoms with E-state index < -0.39 is 12.0 Å². The standard InChI is InChI=1S/C13H25N3O4/c1-4-6-10(13(19)20)15-8-12(18)16(3)9-11(17)14-7-5-2/h10,15H,4-9H2,1-3H3,(H,14,17)(H,19,20). The molecule has 3 N–H and O–H groups in total. The zero-order chi connectivity index (χ0) is 15.5. The lowest BCUT2D eigenvalue weighted by Gasteiger charge is -2.19. The largest absolute Gasteiger partial charge is 0.480 e. The third-order valence-corrected chi connectivity index (χ3v) is 2.75. The number of amides is 2. The highest BCUT2D eigenvalue weighted by molar-refractivity contribution is 5.85. The van der Waals surface area contributed by atoms with Crippen molar-refractivity contribution in [3.63, 3.8) is 0 Å². The maximum atomic E-state index is 11.8. The summed E-state index contributed by atoms with van der Waals surface area (Å²) >= 11 is 0. The zero-order valence-corrected chi connectivity index (χ0v) is 12.4. The number of carbonyl (C=O) groups is 3. The topological polar surface area (TPSA) is 98.7 Å². The third kappa shape index (κ3) is 7.73. The maximum absolute atomic E-state index is 11.8. The first-order chi connectivity index (χ1) is 9.42. The van der Waals surface area contributed by atoms with Gasteiger partial charge in [-0.15, -0.1) is 0 Å². The van der Waals surface area contributed by atoms with Crippen LogP contribution in [0.1, 0.15) is 33.1 Å². The van der Waals surface area contributed by atoms with Crippen molar-refractivity contribution < 1.29 is 19.5 Å². The molecule has 2 amide bonds. The van der Waals surface area contributed by atoms with E-state index in [1.807, 2.05) is 13.8 Å². The summed E-state index contributed by atoms with van der Waals surface area (Å²) in [6, 6.07) is -0.730. The van der Waals surface area contributed by atoms with Crippen molar-refractivity contribution >= 4 is 17.8 Å². The van der Waals surface area contributed by atoms with Crippen LogP contribution >= 0.6 is 0 Å². The van der Waals surface area contributed by atoms with Gasteiger partial charge in [0.1, 0.15) is 6.04 Å². The van der Waals surface area contributed by atoms with Crippen LogP contribution in [0, 0.1) is 0 Å². The molecule has 0 rings (SSSR count). The van der Waals surface area contributed by atoms with Crippen LogP contribution in [-0.2, 0) is 14.4 Å². The Hall–Kier alpha value is -1.63. The first-order valence-electron chi connectivity index (χ1n) is 6.89. The number of likely N-dealkylation sites (N-methyl/N-ethyl adjacent to an activating group) is 1. The van der Waals surface area contributed by atoms with Crippen molar-refractivity contribution in [3.05, 3.63) is 0 Å². The van der Waals surface area contributed by atoms with Crippen molar-refractivity contribution in [1.82, 2.24) is 15.5 Å². The van der Waals surface area contributed by atoms with E-state index in [4.69, 9.17) is 5.11 Å². The monoisotopic (exact) mass is 287 g/mol. The SMILES string of the molecule is CCCNC(=O)CN(C)C(=O)CNC(CCC)C(=O)O. The van der Waals surface area contributed by atoms with Crippen LogP contribution in [0.15, 0.2) is 0 Å². The van der Waals surface area contributed by atoms with Crippen molar-refractivity contribution in [2.45, 2.75) is 39.2 Å². The second-order valence-electron chi connectivity index (χ2n) is 4.66. The fraction of sp³-hybridized carbons (Fsp3) is 0.769. The van der Waals surface area contributed by atoms with Gasteiger partial charge in [0.15, 0.2) is 0 Å². The summed E-state index contributed by atoms with van der Waals surface area (Å²) in [7, 11) is 1.52. The van der Waals surface area contributed by atoms with Gasteiger partial charge in [-0.05, 0) is 12.8 Å². The molecule has 1 atom stereocenters. The van der Waals surface area contributed by atoms with E-state index in [1.165, 1.54) is 11.9 Å². The van der Waals surface area contributed by atoms with Gasteiger partial charge in [0.2, 0.25) is 11.8 Å². The minimum Gasteiger partial charge on any atom is -0.480 e. The number of carbonyl (C=O) groups excluding carboxylic acids is 2. The summed E-state index contributed by atoms with van der Waals surface area (Å²) < 4.78 is 0. The number of aliphatic carboxylic acids is 1. The summed E-state index contributed by atoms with van der Waals surface area (Å²) in [5, 5.41) is 14.3. The average molecular weight is 287 g/mol. The van der Waals surface area contributed by atoms with E-state index >= 15 is 0 Å². The fourth-order valence-corrected chi connectivity index (χ4v) is 1.57. The number of carboxylic acid groups (broad SMARTS) is 1. The highest BCUT2D eigenvalue weighted by Gasteiger charge is 2.18. The minimum absolute atomic E-state index is 0.0218. The molecule has 0 aromatic carbocycles. The van der Waals surface area contributed by atoms with Crippen LogP contribution < -0.4 is 10.6 Å². The zero-order valence-electron chi connectivity index (χ0n) is 12.4. The van der Waals surface area contributed by atoms with Gasteiger partial charge in [0.25, 0.3) is 0 Å². The Labute approximate surface area is 119 Å². The maximum Gasteiger partial charge on any atom is 0.320 e. The molecule has 0 aliphatic rings. The number of rotatable bonds is 10. The Bertz CT molecular complexity index is 334. The van der Waals surface area contributed by atoms with E-state index in [0.717, 1.165) is 6.42 Å². The smallest absolute Gasteiger partial charge is 0.320 e. The Morgan fingerprint density at radius 2 is 1.85 bits per heavy atom. The fourth-order valence-electron chi connectivity index (χ4n) is 1.57. The lowest BCUT2D eigenvalue weighted by molar-refractivity contribution is -0.140. The van der Waals surface area contributed by atoms with Gasteiger partial charge in [-0.3, -0.25) is 19.7 Å². The molecular weight excluding hydrogens is 262 g/mol. The Kier molecular flexibility index (Phi) is 9.36. The predicted octanol–water partition coefficient (Wildman–Crippen LogP) is -0.186. The quantitative estimate of drug-likeness (QED) is 0.517. The van der Waals surface area contributed by atoms with Crippen molar-refractivity contribution in [3.8, 4) is 0 Å². The average Bonchev–Trinajstić information content (AvgIpc) is 2.40. The summed E-state index contributed by atoms with van der Waals surface area (Å²) in [5.41, 5.74) is 0. The Morgan fingerprint density at radius 1 is 1.20 bits per heavy atom. The van der Waals surface area contributed by atoms with Gasteiger partial charge in [0.05, 0.1) is 13.1 Å². The van der Waals surface area contributed by atoms with Crippen molar-refractivity contribution in [1.29, 1.82) is 0 Å². The molecule has 1 unspecified atom stereocenters. The lowest BCUT2D eigenvalue weighted by Crippen LogP contribution is -2.46. The van der Waals surface area contributed by atoms with Gasteiger partial charge in [-0.1, -0.05) is 20.3 Å². The van der Waals surface area contributed by atoms with Crippen LogP contribution in [-0.4, -0.2) is 60.5 Å². The molecule has 0 heterocycles. The van der Waals surface area contributed by atoms with Gasteiger partial charge < -0.3 is 15.3 Å². The molecule has 0 aromatic heterocycles. The van der Waals surface area contributed by atoms with Gasteiger partial charge in [-0.25, -0.2) is 0 Å². The molecular formula is C13H25N3O4. The normalized spacial score (nSPS) is 11.8. The van der Waals surface area contributed by atoms with Crippen molar-refractivity contribution in [2.75, 3.05) is 26.7 Å². The molecule has 0 fully saturated rings. The molecule has 0 aliphatic heterocycles. The van der Waals surface area contributed by atoms with Crippen LogP contribution in [0.5, 0.6) is 0 Å². The molecule has 7 nitrogen and oxygen atoms in total. The highest BCUT2D eigenvalue weighted by atomic mass is 16.4. The Morgan fingerprint density at radius 3 is 2.35 bits per heavy atom. The number of nitrogens with one attached hydrogen (secondary N) is 2. The number of hydrogen-bond donors (Lipinski definition) is 3. The molecule has 0 aliphatic carbocycles. The van der Waals surface area contributed by atoms with E-state index in [2.05, 4.69) is 10.6 Å². The number of hydrogen-bond acceptors (Lipinski definition) is 4. The van der Waals surface area contributed by atoms with Crippen LogP contribution in [0.2, 0.25) is 0 Å². The molecule has 0 radical (unpaired) electrons. The van der Waals surface area contributed by atoms with Crippen LogP contribution in [0.3, 0.4) is 0 Å². The molecule has 0 saturated heterocycles. The predicted molar refractivity (Wildman–Crippen MR) is 75.3 cm³/mol. The van der Waals surface area contributed by atoms with Gasteiger partial charge in [0, 0.05) is 13.6 Å². The number of carboxylic acids is 1. The molecule has 0 bridgehead atoms. The van der Waals surface area contributed by atoms with Crippen LogP contribution in [0.25, 0.3) is 0 Å². The molecule has 0 saturated carbocycles. The number of nitrogens with zero attached hydrogens (tertiary/aromatic N) is 1. The summed E-state index contributed by atoms with van der Waals surface area (Å²) in [4.78, 5) is 35.4. The second-order valence-corrected chi connectivity index (χ2v) is 4.66. The van der Waals surface area contributed by atoms with Gasteiger partial charge >= 0.3 is 5.97 Å².